The van der Waals surface area contributed by atoms with Crippen molar-refractivity contribution in [2.24, 2.45) is 5.73 Å². The standard InChI is InChI=1S/C11H11F2N5O/c12-7-1-8(13)3-9(2-7)15-11(19)6-18-5-10(4-14)16-17-18/h1-3,5H,4,6,14H2,(H,15,19). The first-order valence-corrected chi connectivity index (χ1v) is 5.42. The van der Waals surface area contributed by atoms with Crippen LogP contribution in [0, 0.1) is 11.6 Å². The van der Waals surface area contributed by atoms with Gasteiger partial charge in [-0.05, 0) is 12.1 Å². The van der Waals surface area contributed by atoms with Gasteiger partial charge in [-0.25, -0.2) is 13.5 Å². The second kappa shape index (κ2) is 5.53. The topological polar surface area (TPSA) is 85.8 Å². The lowest BCUT2D eigenvalue weighted by Gasteiger charge is -2.05. The van der Waals surface area contributed by atoms with Crippen molar-refractivity contribution in [1.82, 2.24) is 15.0 Å². The molecule has 0 atom stereocenters. The highest BCUT2D eigenvalue weighted by Crippen LogP contribution is 2.12. The maximum atomic E-state index is 12.9. The molecule has 2 rings (SSSR count). The zero-order valence-corrected chi connectivity index (χ0v) is 9.81. The van der Waals surface area contributed by atoms with E-state index in [0.717, 1.165) is 18.2 Å². The van der Waals surface area contributed by atoms with Gasteiger partial charge in [0.1, 0.15) is 18.2 Å². The summed E-state index contributed by atoms with van der Waals surface area (Å²) in [6.07, 6.45) is 1.52. The summed E-state index contributed by atoms with van der Waals surface area (Å²) in [7, 11) is 0. The van der Waals surface area contributed by atoms with Crippen molar-refractivity contribution >= 4 is 11.6 Å². The molecule has 1 heterocycles. The van der Waals surface area contributed by atoms with Crippen LogP contribution in [0.15, 0.2) is 24.4 Å². The van der Waals surface area contributed by atoms with Crippen LogP contribution in [-0.2, 0) is 17.9 Å². The SMILES string of the molecule is NCc1cn(CC(=O)Nc2cc(F)cc(F)c2)nn1. The van der Waals surface area contributed by atoms with Crippen LogP contribution in [0.1, 0.15) is 5.69 Å². The summed E-state index contributed by atoms with van der Waals surface area (Å²) in [5.74, 6) is -2.00. The maximum Gasteiger partial charge on any atom is 0.246 e. The Bertz CT molecular complexity index is 578. The van der Waals surface area contributed by atoms with Gasteiger partial charge in [-0.3, -0.25) is 4.79 Å². The molecule has 0 radical (unpaired) electrons. The van der Waals surface area contributed by atoms with E-state index in [0.29, 0.717) is 5.69 Å². The second-order valence-corrected chi connectivity index (χ2v) is 3.82. The lowest BCUT2D eigenvalue weighted by Crippen LogP contribution is -2.19. The van der Waals surface area contributed by atoms with Gasteiger partial charge in [0.25, 0.3) is 0 Å². The largest absolute Gasteiger partial charge is 0.325 e. The van der Waals surface area contributed by atoms with Crippen LogP contribution >= 0.6 is 0 Å². The van der Waals surface area contributed by atoms with Gasteiger partial charge in [-0.1, -0.05) is 5.21 Å². The third kappa shape index (κ3) is 3.55. The van der Waals surface area contributed by atoms with E-state index in [-0.39, 0.29) is 18.8 Å². The molecule has 3 N–H and O–H groups in total. The summed E-state index contributed by atoms with van der Waals surface area (Å²) in [6, 6.07) is 2.77. The van der Waals surface area contributed by atoms with Gasteiger partial charge in [0.2, 0.25) is 5.91 Å². The van der Waals surface area contributed by atoms with Crippen LogP contribution in [0.2, 0.25) is 0 Å². The number of carbonyl (C=O) groups excluding carboxylic acids is 1. The Morgan fingerprint density at radius 3 is 2.58 bits per heavy atom. The fourth-order valence-electron chi connectivity index (χ4n) is 1.48. The third-order valence-corrected chi connectivity index (χ3v) is 2.25. The number of rotatable bonds is 4. The molecule has 2 aromatic rings. The summed E-state index contributed by atoms with van der Waals surface area (Å²) < 4.78 is 27.1. The predicted octanol–water partition coefficient (Wildman–Crippen LogP) is 0.654. The normalized spacial score (nSPS) is 10.5. The summed E-state index contributed by atoms with van der Waals surface area (Å²) in [4.78, 5) is 11.6. The quantitative estimate of drug-likeness (QED) is 0.851. The predicted molar refractivity (Wildman–Crippen MR) is 62.9 cm³/mol. The average Bonchev–Trinajstić information content (AvgIpc) is 2.74. The number of carbonyl (C=O) groups is 1. The van der Waals surface area contributed by atoms with Gasteiger partial charge in [-0.2, -0.15) is 0 Å². The summed E-state index contributed by atoms with van der Waals surface area (Å²) in [5.41, 5.74) is 5.94. The Morgan fingerprint density at radius 2 is 2.00 bits per heavy atom. The molecular formula is C11H11F2N5O. The molecule has 0 saturated heterocycles. The van der Waals surface area contributed by atoms with Crippen LogP contribution in [-0.4, -0.2) is 20.9 Å². The highest BCUT2D eigenvalue weighted by atomic mass is 19.1. The Balaban J connectivity index is 2.00. The van der Waals surface area contributed by atoms with Crippen LogP contribution in [0.25, 0.3) is 0 Å². The van der Waals surface area contributed by atoms with Gasteiger partial charge < -0.3 is 11.1 Å². The summed E-state index contributed by atoms with van der Waals surface area (Å²) in [6.45, 7) is 0.0991. The highest BCUT2D eigenvalue weighted by Gasteiger charge is 2.07. The number of nitrogens with zero attached hydrogens (tertiary/aromatic N) is 3. The summed E-state index contributed by atoms with van der Waals surface area (Å²) >= 11 is 0. The third-order valence-electron chi connectivity index (χ3n) is 2.25. The first-order chi connectivity index (χ1) is 9.06. The molecule has 1 aromatic carbocycles. The molecule has 0 saturated carbocycles. The number of hydrogen-bond donors (Lipinski definition) is 2. The van der Waals surface area contributed by atoms with Crippen molar-refractivity contribution in [2.75, 3.05) is 5.32 Å². The number of anilines is 1. The zero-order valence-electron chi connectivity index (χ0n) is 9.81. The van der Waals surface area contributed by atoms with E-state index in [2.05, 4.69) is 15.6 Å². The molecule has 1 amide bonds. The molecule has 0 unspecified atom stereocenters. The van der Waals surface area contributed by atoms with Gasteiger partial charge in [0.05, 0.1) is 11.9 Å². The van der Waals surface area contributed by atoms with Gasteiger partial charge in [0, 0.05) is 18.3 Å². The van der Waals surface area contributed by atoms with Crippen molar-refractivity contribution in [3.05, 3.63) is 41.7 Å². The number of amides is 1. The van der Waals surface area contributed by atoms with E-state index in [1.54, 1.807) is 0 Å². The molecule has 0 spiro atoms. The minimum Gasteiger partial charge on any atom is -0.325 e. The maximum absolute atomic E-state index is 12.9. The number of halogens is 2. The molecule has 8 heteroatoms. The molecule has 0 fully saturated rings. The van der Waals surface area contributed by atoms with Crippen LogP contribution in [0.3, 0.4) is 0 Å². The minimum absolute atomic E-state index is 0.0432. The van der Waals surface area contributed by atoms with Gasteiger partial charge in [-0.15, -0.1) is 5.10 Å². The van der Waals surface area contributed by atoms with Crippen molar-refractivity contribution in [2.45, 2.75) is 13.1 Å². The minimum atomic E-state index is -0.763. The summed E-state index contributed by atoms with van der Waals surface area (Å²) in [5, 5.41) is 9.75. The smallest absolute Gasteiger partial charge is 0.246 e. The van der Waals surface area contributed by atoms with E-state index < -0.39 is 17.5 Å². The molecule has 0 bridgehead atoms. The van der Waals surface area contributed by atoms with Crippen molar-refractivity contribution in [3.63, 3.8) is 0 Å². The lowest BCUT2D eigenvalue weighted by molar-refractivity contribution is -0.116. The van der Waals surface area contributed by atoms with Crippen LogP contribution in [0.5, 0.6) is 0 Å². The monoisotopic (exact) mass is 267 g/mol. The number of hydrogen-bond acceptors (Lipinski definition) is 4. The lowest BCUT2D eigenvalue weighted by atomic mass is 10.3. The Hall–Kier alpha value is -2.35. The Labute approximate surface area is 107 Å². The Morgan fingerprint density at radius 1 is 1.32 bits per heavy atom. The fourth-order valence-corrected chi connectivity index (χ4v) is 1.48. The number of aromatic nitrogens is 3. The van der Waals surface area contributed by atoms with E-state index in [4.69, 9.17) is 5.73 Å². The number of nitrogens with one attached hydrogen (secondary N) is 1. The molecule has 19 heavy (non-hydrogen) atoms. The molecular weight excluding hydrogens is 256 g/mol. The van der Waals surface area contributed by atoms with E-state index in [1.165, 1.54) is 10.9 Å². The molecule has 0 aliphatic rings. The molecule has 0 aliphatic carbocycles. The molecule has 6 nitrogen and oxygen atoms in total. The highest BCUT2D eigenvalue weighted by molar-refractivity contribution is 5.90. The first-order valence-electron chi connectivity index (χ1n) is 5.42. The Kier molecular flexibility index (Phi) is 3.81. The average molecular weight is 267 g/mol. The van der Waals surface area contributed by atoms with Crippen LogP contribution < -0.4 is 11.1 Å². The second-order valence-electron chi connectivity index (χ2n) is 3.82. The first kappa shape index (κ1) is 13.1. The number of nitrogens with two attached hydrogens (primary N) is 1. The van der Waals surface area contributed by atoms with E-state index in [9.17, 15) is 13.6 Å². The van der Waals surface area contributed by atoms with E-state index in [1.807, 2.05) is 0 Å². The van der Waals surface area contributed by atoms with Gasteiger partial charge >= 0.3 is 0 Å². The molecule has 1 aromatic heterocycles. The molecule has 100 valence electrons. The van der Waals surface area contributed by atoms with Crippen molar-refractivity contribution in [3.8, 4) is 0 Å². The van der Waals surface area contributed by atoms with Crippen molar-refractivity contribution in [1.29, 1.82) is 0 Å². The van der Waals surface area contributed by atoms with Crippen LogP contribution in [0.4, 0.5) is 14.5 Å². The molecule has 0 aliphatic heterocycles. The van der Waals surface area contributed by atoms with E-state index >= 15 is 0 Å². The fraction of sp³-hybridized carbons (Fsp3) is 0.182. The zero-order chi connectivity index (χ0) is 13.8. The number of benzene rings is 1. The van der Waals surface area contributed by atoms with Crippen molar-refractivity contribution < 1.29 is 13.6 Å². The van der Waals surface area contributed by atoms with Gasteiger partial charge in [0.15, 0.2) is 0 Å².